The summed E-state index contributed by atoms with van der Waals surface area (Å²) >= 11 is 0. The van der Waals surface area contributed by atoms with Gasteiger partial charge in [0.1, 0.15) is 108 Å². The van der Waals surface area contributed by atoms with Gasteiger partial charge in [-0.15, -0.1) is 9.97 Å². The summed E-state index contributed by atoms with van der Waals surface area (Å²) in [6.07, 6.45) is -10.7. The molecular formula is C109H57F10N25O4. The predicted molar refractivity (Wildman–Crippen MR) is 530 cm³/mol. The summed E-state index contributed by atoms with van der Waals surface area (Å²) in [6.45, 7) is 33.1. The van der Waals surface area contributed by atoms with E-state index in [9.17, 15) is 59.7 Å². The van der Waals surface area contributed by atoms with Crippen LogP contribution in [-0.2, 0) is 12.4 Å². The molecule has 712 valence electrons. The zero-order chi connectivity index (χ0) is 103. The average molecular weight is 1970 g/mol. The van der Waals surface area contributed by atoms with E-state index >= 15 is 0 Å². The van der Waals surface area contributed by atoms with Crippen LogP contribution >= 0.6 is 0 Å². The van der Waals surface area contributed by atoms with Crippen molar-refractivity contribution in [1.29, 1.82) is 15.8 Å². The number of halogens is 10. The van der Waals surface area contributed by atoms with Crippen LogP contribution in [0.2, 0.25) is 0 Å². The standard InChI is InChI=1S/C31H19N5O2.C28H20N4O2.C18H10F6N4.C18H4N8.C14H4F4N4/c1-18-14-22-28(34-19(18)2)23-15-25(33-3)26(17-32)35-29(23)24-16-27(37-20-10-6-4-7-11-20)31(36-30(22)24)38-21-12-8-5-9-13-21;1-17-18(2)30-25-23(29-17)21-15-9-10-16-22(21)24-26(25)32-28(34-20-13-7-4-8-14-20)27(31-24)33-19-11-5-3-6-12-19;1-7-8(2)26-13-11(25-7)9-5-3-4-6-10(9)12-14(13)28-16(18(22,23)24)15(27-12)17(19,20)21;1-21-17-18(22-2)26-16-14(25-17)10-6-4-3-5-9(10)13-15(16)24-12(8-20)11(7-19)23-13;15-11-13(17)21-9-7(19-11)5-3-1-2-4-6(5)8-10(9)22-14(18)12(16)20-8/h4-16H,1-2H3;3-16H,1-2H3;3-6H,1-2H3;3-6H;1-4H. The minimum atomic E-state index is -5.34. The number of aromatic nitrogens is 19. The van der Waals surface area contributed by atoms with Gasteiger partial charge in [0.25, 0.3) is 53.1 Å². The van der Waals surface area contributed by atoms with Gasteiger partial charge in [-0.1, -0.05) is 177 Å². The molecule has 0 aliphatic heterocycles. The first kappa shape index (κ1) is 94.9. The fraction of sp³-hybridized carbons (Fsp3) is 0.0734. The largest absolute Gasteiger partial charge is 0.452 e. The van der Waals surface area contributed by atoms with Gasteiger partial charge in [-0.05, 0) is 120 Å². The molecule has 0 spiro atoms. The fourth-order valence-corrected chi connectivity index (χ4v) is 16.5. The Morgan fingerprint density at radius 2 is 0.493 bits per heavy atom. The summed E-state index contributed by atoms with van der Waals surface area (Å²) in [6, 6.07) is 76.9. The Bertz CT molecular complexity index is 9840. The second-order valence-electron chi connectivity index (χ2n) is 32.8. The average Bonchev–Trinajstić information content (AvgIpc) is 0.727. The third-order valence-corrected chi connectivity index (χ3v) is 23.6. The van der Waals surface area contributed by atoms with Gasteiger partial charge in [0.2, 0.25) is 16.7 Å². The zero-order valence-corrected chi connectivity index (χ0v) is 77.1. The highest BCUT2D eigenvalue weighted by Gasteiger charge is 2.47. The summed E-state index contributed by atoms with van der Waals surface area (Å²) < 4.78 is 158. The van der Waals surface area contributed by atoms with Crippen LogP contribution in [0.15, 0.2) is 237 Å². The molecule has 0 aliphatic rings. The van der Waals surface area contributed by atoms with E-state index in [4.69, 9.17) is 68.6 Å². The smallest absolute Gasteiger partial charge is 0.435 e. The second kappa shape index (κ2) is 38.4. The van der Waals surface area contributed by atoms with Crippen molar-refractivity contribution < 1.29 is 62.9 Å². The molecule has 39 heteroatoms. The Labute approximate surface area is 826 Å². The molecule has 0 saturated carbocycles. The first-order valence-electron chi connectivity index (χ1n) is 44.2. The number of hydrogen-bond acceptors (Lipinski definition) is 26. The molecule has 13 aromatic carbocycles. The third-order valence-electron chi connectivity index (χ3n) is 23.6. The fourth-order valence-electron chi connectivity index (χ4n) is 16.5. The number of nitrogens with zero attached hydrogens (tertiary/aromatic N) is 25. The molecule has 0 unspecified atom stereocenters. The van der Waals surface area contributed by atoms with Crippen molar-refractivity contribution in [3.05, 3.63) is 357 Å². The first-order chi connectivity index (χ1) is 71.5. The molecular weight excluding hydrogens is 1910 g/mol. The molecule has 24 aromatic rings. The number of para-hydroxylation sites is 4. The van der Waals surface area contributed by atoms with Crippen molar-refractivity contribution in [3.8, 4) is 64.6 Å². The van der Waals surface area contributed by atoms with E-state index < -0.39 is 47.5 Å². The van der Waals surface area contributed by atoms with Crippen LogP contribution in [0.4, 0.5) is 61.2 Å². The molecule has 24 rings (SSSR count). The Morgan fingerprint density at radius 1 is 0.243 bits per heavy atom. The summed E-state index contributed by atoms with van der Waals surface area (Å²) in [7, 11) is 0. The van der Waals surface area contributed by atoms with E-state index in [-0.39, 0.29) is 113 Å². The van der Waals surface area contributed by atoms with Crippen LogP contribution in [-0.4, -0.2) is 94.7 Å². The van der Waals surface area contributed by atoms with Gasteiger partial charge in [0.05, 0.1) is 62.4 Å². The van der Waals surface area contributed by atoms with E-state index in [2.05, 4.69) is 79.3 Å². The maximum absolute atomic E-state index is 13.4. The summed E-state index contributed by atoms with van der Waals surface area (Å²) in [5.74, 6) is -2.18. The first-order valence-corrected chi connectivity index (χ1v) is 44.2. The minimum Gasteiger partial charge on any atom is -0.452 e. The quantitative estimate of drug-likeness (QED) is 0.0774. The van der Waals surface area contributed by atoms with Crippen molar-refractivity contribution in [1.82, 2.24) is 94.7 Å². The van der Waals surface area contributed by atoms with Crippen LogP contribution in [0.25, 0.3) is 179 Å². The molecule has 148 heavy (non-hydrogen) atoms. The van der Waals surface area contributed by atoms with Gasteiger partial charge < -0.3 is 28.6 Å². The van der Waals surface area contributed by atoms with Crippen LogP contribution in [0.5, 0.6) is 46.4 Å². The number of alkyl halides is 6. The maximum Gasteiger partial charge on any atom is 0.435 e. The number of rotatable bonds is 8. The van der Waals surface area contributed by atoms with Crippen LogP contribution in [0.1, 0.15) is 62.5 Å². The molecule has 29 nitrogen and oxygen atoms in total. The van der Waals surface area contributed by atoms with E-state index in [1.54, 1.807) is 86.6 Å². The van der Waals surface area contributed by atoms with Crippen LogP contribution < -0.4 is 18.9 Å². The van der Waals surface area contributed by atoms with Crippen LogP contribution in [0, 0.1) is 119 Å². The summed E-state index contributed by atoms with van der Waals surface area (Å²) in [4.78, 5) is 90.3. The second-order valence-corrected chi connectivity index (χ2v) is 32.8. The van der Waals surface area contributed by atoms with Crippen molar-refractivity contribution in [2.45, 2.75) is 53.9 Å². The Kier molecular flexibility index (Phi) is 24.6. The number of nitriles is 3. The SMILES string of the molecule is Cc1nc2c3ccccc3c3nc(C(F)(F)F)c(C(F)(F)F)nc3c2nc1C.Cc1nc2c3ccccc3c3nc(Oc4ccccc4)c(Oc4ccccc4)nc3c2nc1C.Fc1nc2c3ccccc3c3nc(F)c(F)nc3c2nc1F.[C-]#[N+]c1cc2c3nc(C)c(C)cc3c3nc(Oc4ccccc4)c(Oc4ccccc4)cc3c2nc1C#N.[C-]#[N+]c1nc2c3ccccc3c3nc(C#N)c(C#N)nc3c2nc1[N+]#[C-]. The Balaban J connectivity index is 0.000000114. The van der Waals surface area contributed by atoms with Crippen molar-refractivity contribution in [3.63, 3.8) is 0 Å². The summed E-state index contributed by atoms with van der Waals surface area (Å²) in [5, 5.41) is 35.0. The number of aryl methyl sites for hydroxylation is 6. The molecule has 11 aromatic heterocycles. The lowest BCUT2D eigenvalue weighted by atomic mass is 10.0. The van der Waals surface area contributed by atoms with Gasteiger partial charge in [-0.25, -0.2) is 84.6 Å². The van der Waals surface area contributed by atoms with Gasteiger partial charge in [-0.2, -0.15) is 59.7 Å². The van der Waals surface area contributed by atoms with Crippen LogP contribution in [0.3, 0.4) is 0 Å². The lowest BCUT2D eigenvalue weighted by Gasteiger charge is -2.16. The van der Waals surface area contributed by atoms with Crippen molar-refractivity contribution in [2.75, 3.05) is 0 Å². The lowest BCUT2D eigenvalue weighted by molar-refractivity contribution is -0.167. The molecule has 11 heterocycles. The Hall–Kier alpha value is -20.7. The van der Waals surface area contributed by atoms with E-state index in [0.717, 1.165) is 44.3 Å². The highest BCUT2D eigenvalue weighted by Crippen LogP contribution is 2.48. The van der Waals surface area contributed by atoms with E-state index in [0.29, 0.717) is 122 Å². The molecule has 0 saturated heterocycles. The number of fused-ring (bicyclic) bond motifs is 30. The number of pyridine rings is 3. The van der Waals surface area contributed by atoms with Crippen molar-refractivity contribution >= 4 is 181 Å². The number of hydrogen-bond donors (Lipinski definition) is 0. The van der Waals surface area contributed by atoms with Crippen molar-refractivity contribution in [2.24, 2.45) is 0 Å². The molecule has 0 atom stereocenters. The molecule has 0 bridgehead atoms. The number of benzene rings is 13. The third kappa shape index (κ3) is 17.6. The van der Waals surface area contributed by atoms with Gasteiger partial charge >= 0.3 is 12.4 Å². The maximum atomic E-state index is 13.4. The van der Waals surface area contributed by atoms with Gasteiger partial charge in [-0.3, -0.25) is 4.98 Å². The van der Waals surface area contributed by atoms with E-state index in [1.807, 2.05) is 204 Å². The Morgan fingerprint density at radius 3 is 0.892 bits per heavy atom. The highest BCUT2D eigenvalue weighted by molar-refractivity contribution is 6.26. The normalized spacial score (nSPS) is 11.3. The highest BCUT2D eigenvalue weighted by atomic mass is 19.4. The summed E-state index contributed by atoms with van der Waals surface area (Å²) in [5.41, 5.74) is 5.53. The predicted octanol–water partition coefficient (Wildman–Crippen LogP) is 27.1. The van der Waals surface area contributed by atoms with Gasteiger partial charge in [0.15, 0.2) is 28.5 Å². The van der Waals surface area contributed by atoms with Gasteiger partial charge in [0, 0.05) is 64.9 Å². The molecule has 0 radical (unpaired) electrons. The van der Waals surface area contributed by atoms with E-state index in [1.165, 1.54) is 6.07 Å². The topological polar surface area (TPSA) is 366 Å². The minimum absolute atomic E-state index is 0.00214. The monoisotopic (exact) mass is 1970 g/mol. The zero-order valence-electron chi connectivity index (χ0n) is 77.1. The lowest BCUT2D eigenvalue weighted by Crippen LogP contribution is -2.21. The number of ether oxygens (including phenoxy) is 4. The molecule has 0 aliphatic carbocycles. The molecule has 0 fully saturated rings. The molecule has 0 amide bonds. The molecule has 0 N–H and O–H groups in total.